The molecule has 1 aromatic heterocycles. The number of hydrogen-bond acceptors (Lipinski definition) is 0. The first-order valence-electron chi connectivity index (χ1n) is 5.53. The van der Waals surface area contributed by atoms with Crippen LogP contribution in [0.2, 0.25) is 5.02 Å². The number of benzene rings is 1. The molecule has 0 saturated carbocycles. The SMILES string of the molecule is Cc1ccc(-c2ccc(Cl)cc2)n1C(C)C. The first-order valence-corrected chi connectivity index (χ1v) is 5.91. The van der Waals surface area contributed by atoms with Gasteiger partial charge in [-0.15, -0.1) is 0 Å². The minimum Gasteiger partial charge on any atom is -0.342 e. The third-order valence-corrected chi connectivity index (χ3v) is 3.03. The Kier molecular flexibility index (Phi) is 3.06. The largest absolute Gasteiger partial charge is 0.342 e. The Bertz CT molecular complexity index is 480. The summed E-state index contributed by atoms with van der Waals surface area (Å²) in [4.78, 5) is 0. The molecule has 84 valence electrons. The van der Waals surface area contributed by atoms with Crippen LogP contribution in [0.1, 0.15) is 25.6 Å². The van der Waals surface area contributed by atoms with Crippen LogP contribution in [0.3, 0.4) is 0 Å². The summed E-state index contributed by atoms with van der Waals surface area (Å²) in [6, 6.07) is 12.8. The van der Waals surface area contributed by atoms with Crippen LogP contribution in [-0.2, 0) is 0 Å². The number of aromatic nitrogens is 1. The minimum atomic E-state index is 0.473. The highest BCUT2D eigenvalue weighted by Crippen LogP contribution is 2.26. The quantitative estimate of drug-likeness (QED) is 0.709. The van der Waals surface area contributed by atoms with Crippen LogP contribution in [0, 0.1) is 6.92 Å². The molecule has 0 amide bonds. The molecule has 0 aliphatic carbocycles. The number of nitrogens with zero attached hydrogens (tertiary/aromatic N) is 1. The fraction of sp³-hybridized carbons (Fsp3) is 0.286. The van der Waals surface area contributed by atoms with Crippen molar-refractivity contribution in [3.05, 3.63) is 47.1 Å². The van der Waals surface area contributed by atoms with Crippen molar-refractivity contribution in [2.45, 2.75) is 26.8 Å². The summed E-state index contributed by atoms with van der Waals surface area (Å²) in [7, 11) is 0. The third-order valence-electron chi connectivity index (χ3n) is 2.78. The van der Waals surface area contributed by atoms with Crippen molar-refractivity contribution in [1.82, 2.24) is 4.57 Å². The fourth-order valence-electron chi connectivity index (χ4n) is 2.09. The van der Waals surface area contributed by atoms with Gasteiger partial charge in [0.25, 0.3) is 0 Å². The number of rotatable bonds is 2. The molecule has 1 heterocycles. The third kappa shape index (κ3) is 2.00. The Hall–Kier alpha value is -1.21. The number of aryl methyl sites for hydroxylation is 1. The van der Waals surface area contributed by atoms with Gasteiger partial charge >= 0.3 is 0 Å². The van der Waals surface area contributed by atoms with E-state index in [1.165, 1.54) is 17.0 Å². The second kappa shape index (κ2) is 4.34. The molecule has 0 atom stereocenters. The Morgan fingerprint density at radius 1 is 1.00 bits per heavy atom. The highest BCUT2D eigenvalue weighted by molar-refractivity contribution is 6.30. The average molecular weight is 234 g/mol. The molecule has 2 aromatic rings. The van der Waals surface area contributed by atoms with Crippen molar-refractivity contribution in [2.75, 3.05) is 0 Å². The van der Waals surface area contributed by atoms with Gasteiger partial charge in [0, 0.05) is 22.5 Å². The van der Waals surface area contributed by atoms with E-state index in [1.54, 1.807) is 0 Å². The molecule has 0 spiro atoms. The van der Waals surface area contributed by atoms with Crippen LogP contribution in [-0.4, -0.2) is 4.57 Å². The monoisotopic (exact) mass is 233 g/mol. The minimum absolute atomic E-state index is 0.473. The lowest BCUT2D eigenvalue weighted by Crippen LogP contribution is -2.04. The molecule has 0 fully saturated rings. The normalized spacial score (nSPS) is 11.1. The van der Waals surface area contributed by atoms with Crippen molar-refractivity contribution < 1.29 is 0 Å². The van der Waals surface area contributed by atoms with E-state index in [0.717, 1.165) is 5.02 Å². The van der Waals surface area contributed by atoms with Crippen LogP contribution in [0.15, 0.2) is 36.4 Å². The number of hydrogen-bond donors (Lipinski definition) is 0. The summed E-state index contributed by atoms with van der Waals surface area (Å²) in [5.74, 6) is 0. The van der Waals surface area contributed by atoms with Crippen molar-refractivity contribution in [3.63, 3.8) is 0 Å². The predicted molar refractivity (Wildman–Crippen MR) is 70.0 cm³/mol. The van der Waals surface area contributed by atoms with Gasteiger partial charge in [-0.2, -0.15) is 0 Å². The zero-order valence-corrected chi connectivity index (χ0v) is 10.6. The van der Waals surface area contributed by atoms with Gasteiger partial charge in [-0.05, 0) is 50.6 Å². The van der Waals surface area contributed by atoms with Gasteiger partial charge in [0.15, 0.2) is 0 Å². The first kappa shape index (κ1) is 11.3. The second-order valence-corrected chi connectivity index (χ2v) is 4.77. The van der Waals surface area contributed by atoms with Crippen molar-refractivity contribution in [1.29, 1.82) is 0 Å². The van der Waals surface area contributed by atoms with E-state index in [9.17, 15) is 0 Å². The maximum Gasteiger partial charge on any atom is 0.0484 e. The highest BCUT2D eigenvalue weighted by Gasteiger charge is 2.09. The van der Waals surface area contributed by atoms with E-state index in [-0.39, 0.29) is 0 Å². The average Bonchev–Trinajstić information content (AvgIpc) is 2.61. The van der Waals surface area contributed by atoms with Crippen LogP contribution in [0.25, 0.3) is 11.3 Å². The van der Waals surface area contributed by atoms with Gasteiger partial charge in [0.2, 0.25) is 0 Å². The zero-order valence-electron chi connectivity index (χ0n) is 9.87. The smallest absolute Gasteiger partial charge is 0.0484 e. The van der Waals surface area contributed by atoms with Gasteiger partial charge in [-0.3, -0.25) is 0 Å². The Labute approximate surface area is 102 Å². The van der Waals surface area contributed by atoms with Crippen LogP contribution < -0.4 is 0 Å². The molecule has 16 heavy (non-hydrogen) atoms. The van der Waals surface area contributed by atoms with E-state index < -0.39 is 0 Å². The Balaban J connectivity index is 2.52. The molecule has 0 aliphatic rings. The van der Waals surface area contributed by atoms with E-state index in [4.69, 9.17) is 11.6 Å². The highest BCUT2D eigenvalue weighted by atomic mass is 35.5. The lowest BCUT2D eigenvalue weighted by Gasteiger charge is -2.15. The van der Waals surface area contributed by atoms with Crippen molar-refractivity contribution in [3.8, 4) is 11.3 Å². The molecule has 1 nitrogen and oxygen atoms in total. The van der Waals surface area contributed by atoms with E-state index in [0.29, 0.717) is 6.04 Å². The van der Waals surface area contributed by atoms with E-state index >= 15 is 0 Å². The Morgan fingerprint density at radius 3 is 2.19 bits per heavy atom. The summed E-state index contributed by atoms with van der Waals surface area (Å²) in [5, 5.41) is 0.781. The predicted octanol–water partition coefficient (Wildman–Crippen LogP) is 4.70. The second-order valence-electron chi connectivity index (χ2n) is 4.33. The van der Waals surface area contributed by atoms with Crippen LogP contribution in [0.5, 0.6) is 0 Å². The molecule has 0 bridgehead atoms. The van der Waals surface area contributed by atoms with Gasteiger partial charge in [0.05, 0.1) is 0 Å². The lowest BCUT2D eigenvalue weighted by molar-refractivity contribution is 0.595. The molecule has 0 radical (unpaired) electrons. The molecular weight excluding hydrogens is 218 g/mol. The molecule has 1 aromatic carbocycles. The lowest BCUT2D eigenvalue weighted by atomic mass is 10.1. The molecule has 0 N–H and O–H groups in total. The van der Waals surface area contributed by atoms with Crippen molar-refractivity contribution in [2.24, 2.45) is 0 Å². The molecule has 0 saturated heterocycles. The molecule has 0 unspecified atom stereocenters. The maximum absolute atomic E-state index is 5.90. The standard InChI is InChI=1S/C14H16ClN/c1-10(2)16-11(3)4-9-14(16)12-5-7-13(15)8-6-12/h4-10H,1-3H3. The summed E-state index contributed by atoms with van der Waals surface area (Å²) in [6.45, 7) is 6.54. The zero-order chi connectivity index (χ0) is 11.7. The number of halogens is 1. The van der Waals surface area contributed by atoms with Crippen LogP contribution >= 0.6 is 11.6 Å². The molecular formula is C14H16ClN. The summed E-state index contributed by atoms with van der Waals surface area (Å²) in [5.41, 5.74) is 3.76. The van der Waals surface area contributed by atoms with Crippen LogP contribution in [0.4, 0.5) is 0 Å². The molecule has 2 heteroatoms. The fourth-order valence-corrected chi connectivity index (χ4v) is 2.22. The van der Waals surface area contributed by atoms with E-state index in [2.05, 4.69) is 49.6 Å². The van der Waals surface area contributed by atoms with Crippen molar-refractivity contribution >= 4 is 11.6 Å². The molecule has 2 rings (SSSR count). The Morgan fingerprint density at radius 2 is 1.62 bits per heavy atom. The van der Waals surface area contributed by atoms with Gasteiger partial charge < -0.3 is 4.57 Å². The maximum atomic E-state index is 5.90. The molecule has 0 aliphatic heterocycles. The summed E-state index contributed by atoms with van der Waals surface area (Å²) in [6.07, 6.45) is 0. The van der Waals surface area contributed by atoms with Gasteiger partial charge in [-0.1, -0.05) is 23.7 Å². The summed E-state index contributed by atoms with van der Waals surface area (Å²) >= 11 is 5.90. The van der Waals surface area contributed by atoms with Gasteiger partial charge in [-0.25, -0.2) is 0 Å². The van der Waals surface area contributed by atoms with E-state index in [1.807, 2.05) is 12.1 Å². The topological polar surface area (TPSA) is 4.93 Å². The van der Waals surface area contributed by atoms with Gasteiger partial charge in [0.1, 0.15) is 0 Å². The summed E-state index contributed by atoms with van der Waals surface area (Å²) < 4.78 is 2.34. The first-order chi connectivity index (χ1) is 7.59.